The Balaban J connectivity index is 4.51. The summed E-state index contributed by atoms with van der Waals surface area (Å²) in [7, 11) is 0. The normalized spacial score (nSPS) is 19.1. The van der Waals surface area contributed by atoms with Crippen molar-refractivity contribution in [2.75, 3.05) is 0 Å². The van der Waals surface area contributed by atoms with Crippen molar-refractivity contribution in [3.63, 3.8) is 0 Å². The second kappa shape index (κ2) is 5.58. The predicted octanol–water partition coefficient (Wildman–Crippen LogP) is -0.0213. The molecule has 5 heteroatoms. The van der Waals surface area contributed by atoms with Crippen LogP contribution in [0.5, 0.6) is 0 Å². The van der Waals surface area contributed by atoms with Gasteiger partial charge in [0.15, 0.2) is 0 Å². The molecule has 0 fully saturated rings. The minimum atomic E-state index is -1.22. The van der Waals surface area contributed by atoms with E-state index >= 15 is 0 Å². The average molecular weight is 201 g/mol. The fourth-order valence-electron chi connectivity index (χ4n) is 1.29. The summed E-state index contributed by atoms with van der Waals surface area (Å²) in [6.45, 7) is 2.89. The Morgan fingerprint density at radius 2 is 1.93 bits per heavy atom. The highest BCUT2D eigenvalue weighted by atomic mass is 16.4. The van der Waals surface area contributed by atoms with E-state index in [0.717, 1.165) is 0 Å². The molecule has 0 aromatic heterocycles. The fourth-order valence-corrected chi connectivity index (χ4v) is 1.29. The van der Waals surface area contributed by atoms with Gasteiger partial charge in [0.1, 0.15) is 0 Å². The molecule has 0 aliphatic rings. The molecule has 0 rings (SSSR count). The van der Waals surface area contributed by atoms with Gasteiger partial charge in [0, 0.05) is 0 Å². The summed E-state index contributed by atoms with van der Waals surface area (Å²) in [5.41, 5.74) is 0. The van der Waals surface area contributed by atoms with E-state index in [-0.39, 0.29) is 6.42 Å². The molecular weight excluding hydrogens is 186 g/mol. The highest BCUT2D eigenvalue weighted by Gasteiger charge is 2.32. The van der Waals surface area contributed by atoms with Gasteiger partial charge in [-0.3, -0.25) is 4.79 Å². The molecule has 0 saturated carbocycles. The minimum absolute atomic E-state index is 0.0387. The molecule has 3 N–H and O–H groups in total. The molecule has 0 aromatic rings. The summed E-state index contributed by atoms with van der Waals surface area (Å²) in [5.74, 6) is -3.14. The molecule has 0 saturated heterocycles. The number of aliphatic carboxylic acids is 1. The zero-order valence-electron chi connectivity index (χ0n) is 8.21. The van der Waals surface area contributed by atoms with Gasteiger partial charge < -0.3 is 15.3 Å². The van der Waals surface area contributed by atoms with Crippen molar-refractivity contribution in [3.8, 4) is 6.07 Å². The lowest BCUT2D eigenvalue weighted by molar-refractivity contribution is -0.147. The smallest absolute Gasteiger partial charge is 0.310 e. The first kappa shape index (κ1) is 12.9. The first-order valence-electron chi connectivity index (χ1n) is 4.38. The third kappa shape index (κ3) is 3.73. The number of hydrogen-bond acceptors (Lipinski definition) is 4. The Morgan fingerprint density at radius 1 is 1.43 bits per heavy atom. The Morgan fingerprint density at radius 3 is 2.21 bits per heavy atom. The van der Waals surface area contributed by atoms with E-state index in [9.17, 15) is 9.90 Å². The van der Waals surface area contributed by atoms with Crippen LogP contribution in [0.2, 0.25) is 0 Å². The standard InChI is InChI=1S/C9H15NO4/c1-5(4-10)8(9(13)14)7(12)3-6(2)11/h5-8,11-12H,3H2,1-2H3,(H,13,14). The van der Waals surface area contributed by atoms with E-state index in [0.29, 0.717) is 0 Å². The van der Waals surface area contributed by atoms with Gasteiger partial charge in [0.05, 0.1) is 30.1 Å². The van der Waals surface area contributed by atoms with Crippen LogP contribution in [0.4, 0.5) is 0 Å². The van der Waals surface area contributed by atoms with Crippen LogP contribution in [0.25, 0.3) is 0 Å². The summed E-state index contributed by atoms with van der Waals surface area (Å²) in [6, 6.07) is 1.78. The molecule has 0 radical (unpaired) electrons. The summed E-state index contributed by atoms with van der Waals surface area (Å²) in [4.78, 5) is 10.7. The molecule has 5 nitrogen and oxygen atoms in total. The van der Waals surface area contributed by atoms with Crippen LogP contribution >= 0.6 is 0 Å². The number of aliphatic hydroxyl groups excluding tert-OH is 2. The van der Waals surface area contributed by atoms with E-state index in [4.69, 9.17) is 15.5 Å². The van der Waals surface area contributed by atoms with Crippen molar-refractivity contribution in [1.29, 1.82) is 5.26 Å². The molecule has 14 heavy (non-hydrogen) atoms. The average Bonchev–Trinajstić information content (AvgIpc) is 2.01. The van der Waals surface area contributed by atoms with E-state index in [2.05, 4.69) is 0 Å². The largest absolute Gasteiger partial charge is 0.481 e. The van der Waals surface area contributed by atoms with Gasteiger partial charge in [0.2, 0.25) is 0 Å². The first-order chi connectivity index (χ1) is 6.40. The third-order valence-corrected chi connectivity index (χ3v) is 2.02. The second-order valence-electron chi connectivity index (χ2n) is 3.43. The summed E-state index contributed by atoms with van der Waals surface area (Å²) in [6.07, 6.45) is -2.01. The quantitative estimate of drug-likeness (QED) is 0.580. The van der Waals surface area contributed by atoms with Gasteiger partial charge >= 0.3 is 5.97 Å². The Hall–Kier alpha value is -1.12. The van der Waals surface area contributed by atoms with Gasteiger partial charge in [-0.2, -0.15) is 5.26 Å². The molecule has 0 aromatic carbocycles. The lowest BCUT2D eigenvalue weighted by Crippen LogP contribution is -2.35. The number of hydrogen-bond donors (Lipinski definition) is 3. The molecule has 80 valence electrons. The van der Waals surface area contributed by atoms with Crippen molar-refractivity contribution in [2.24, 2.45) is 11.8 Å². The number of rotatable bonds is 5. The SMILES string of the molecule is CC(O)CC(O)C(C(=O)O)C(C)C#N. The molecular formula is C9H15NO4. The molecule has 4 unspecified atom stereocenters. The molecule has 0 bridgehead atoms. The van der Waals surface area contributed by atoms with Crippen LogP contribution in [0.1, 0.15) is 20.3 Å². The fraction of sp³-hybridized carbons (Fsp3) is 0.778. The van der Waals surface area contributed by atoms with Gasteiger partial charge in [0.25, 0.3) is 0 Å². The number of nitrogens with zero attached hydrogens (tertiary/aromatic N) is 1. The van der Waals surface area contributed by atoms with Crippen molar-refractivity contribution >= 4 is 5.97 Å². The molecule has 0 spiro atoms. The third-order valence-electron chi connectivity index (χ3n) is 2.02. The highest BCUT2D eigenvalue weighted by Crippen LogP contribution is 2.19. The summed E-state index contributed by atoms with van der Waals surface area (Å²) in [5, 5.41) is 35.7. The van der Waals surface area contributed by atoms with Crippen molar-refractivity contribution in [2.45, 2.75) is 32.5 Å². The van der Waals surface area contributed by atoms with Crippen LogP contribution in [0, 0.1) is 23.2 Å². The van der Waals surface area contributed by atoms with E-state index < -0.39 is 30.0 Å². The summed E-state index contributed by atoms with van der Waals surface area (Å²) >= 11 is 0. The van der Waals surface area contributed by atoms with Crippen molar-refractivity contribution < 1.29 is 20.1 Å². The van der Waals surface area contributed by atoms with Crippen LogP contribution in [0.15, 0.2) is 0 Å². The molecule has 0 aliphatic heterocycles. The minimum Gasteiger partial charge on any atom is -0.481 e. The number of carboxylic acids is 1. The molecule has 0 heterocycles. The van der Waals surface area contributed by atoms with Gasteiger partial charge in [-0.05, 0) is 20.3 Å². The molecule has 0 amide bonds. The van der Waals surface area contributed by atoms with Crippen LogP contribution in [-0.4, -0.2) is 33.5 Å². The van der Waals surface area contributed by atoms with E-state index in [1.54, 1.807) is 6.07 Å². The van der Waals surface area contributed by atoms with Crippen molar-refractivity contribution in [3.05, 3.63) is 0 Å². The summed E-state index contributed by atoms with van der Waals surface area (Å²) < 4.78 is 0. The monoisotopic (exact) mass is 201 g/mol. The maximum absolute atomic E-state index is 10.7. The van der Waals surface area contributed by atoms with Crippen LogP contribution < -0.4 is 0 Å². The first-order valence-corrected chi connectivity index (χ1v) is 4.38. The lowest BCUT2D eigenvalue weighted by atomic mass is 9.87. The zero-order chi connectivity index (χ0) is 11.3. The molecule has 0 aliphatic carbocycles. The zero-order valence-corrected chi connectivity index (χ0v) is 8.21. The van der Waals surface area contributed by atoms with E-state index in [1.165, 1.54) is 13.8 Å². The van der Waals surface area contributed by atoms with Crippen LogP contribution in [-0.2, 0) is 4.79 Å². The number of carboxylic acid groups (broad SMARTS) is 1. The maximum atomic E-state index is 10.7. The predicted molar refractivity (Wildman–Crippen MR) is 48.2 cm³/mol. The number of aliphatic hydroxyl groups is 2. The topological polar surface area (TPSA) is 102 Å². The number of carbonyl (C=O) groups is 1. The van der Waals surface area contributed by atoms with Gasteiger partial charge in [-0.1, -0.05) is 0 Å². The Bertz CT molecular complexity index is 233. The van der Waals surface area contributed by atoms with Crippen LogP contribution in [0.3, 0.4) is 0 Å². The maximum Gasteiger partial charge on any atom is 0.310 e. The second-order valence-corrected chi connectivity index (χ2v) is 3.43. The Kier molecular flexibility index (Phi) is 5.13. The van der Waals surface area contributed by atoms with Gasteiger partial charge in [-0.25, -0.2) is 0 Å². The van der Waals surface area contributed by atoms with Crippen molar-refractivity contribution in [1.82, 2.24) is 0 Å². The number of nitriles is 1. The Labute approximate surface area is 82.6 Å². The van der Waals surface area contributed by atoms with Gasteiger partial charge in [-0.15, -0.1) is 0 Å². The lowest BCUT2D eigenvalue weighted by Gasteiger charge is -2.21. The molecule has 4 atom stereocenters. The highest BCUT2D eigenvalue weighted by molar-refractivity contribution is 5.71. The van der Waals surface area contributed by atoms with E-state index in [1.807, 2.05) is 0 Å².